The summed E-state index contributed by atoms with van der Waals surface area (Å²) >= 11 is 3.88. The van der Waals surface area contributed by atoms with Gasteiger partial charge in [-0.25, -0.2) is 0 Å². The molecule has 0 bridgehead atoms. The van der Waals surface area contributed by atoms with Gasteiger partial charge >= 0.3 is 0 Å². The number of carbonyl (C=O) groups is 1. The molecule has 0 aromatic carbocycles. The van der Waals surface area contributed by atoms with Crippen LogP contribution in [0.15, 0.2) is 0 Å². The third kappa shape index (κ3) is 8.07. The highest BCUT2D eigenvalue weighted by atomic mass is 33.1. The van der Waals surface area contributed by atoms with Crippen LogP contribution in [0.2, 0.25) is 0 Å². The predicted molar refractivity (Wildman–Crippen MR) is 53.9 cm³/mol. The average Bonchev–Trinajstić information content (AvgIpc) is 1.87. The van der Waals surface area contributed by atoms with E-state index in [-0.39, 0.29) is 5.91 Å². The van der Waals surface area contributed by atoms with E-state index in [0.29, 0.717) is 11.7 Å². The lowest BCUT2D eigenvalue weighted by Gasteiger charge is -2.05. The second-order valence-corrected chi connectivity index (χ2v) is 4.13. The number of carbonyl (C=O) groups excluding carboxylic acids is 1. The first kappa shape index (κ1) is 11.2. The molecule has 0 aliphatic heterocycles. The van der Waals surface area contributed by atoms with E-state index >= 15 is 0 Å². The van der Waals surface area contributed by atoms with Crippen LogP contribution in [0, 0.1) is 5.92 Å². The number of rotatable bonds is 5. The van der Waals surface area contributed by atoms with Crippen LogP contribution in [0.25, 0.3) is 0 Å². The maximum absolute atomic E-state index is 10.8. The molecule has 0 unspecified atom stereocenters. The van der Waals surface area contributed by atoms with Gasteiger partial charge in [-0.1, -0.05) is 24.6 Å². The Morgan fingerprint density at radius 3 is 2.73 bits per heavy atom. The van der Waals surface area contributed by atoms with Gasteiger partial charge in [0.25, 0.3) is 0 Å². The molecule has 0 aromatic rings. The summed E-state index contributed by atoms with van der Waals surface area (Å²) in [7, 11) is 1.25. The SMILES string of the molecule is CC(C)CCNC(=O)CSS. The predicted octanol–water partition coefficient (Wildman–Crippen LogP) is 1.73. The van der Waals surface area contributed by atoms with Crippen molar-refractivity contribution >= 4 is 28.4 Å². The average molecular weight is 193 g/mol. The van der Waals surface area contributed by atoms with E-state index < -0.39 is 0 Å². The fraction of sp³-hybridized carbons (Fsp3) is 0.857. The Bertz CT molecular complexity index is 117. The molecule has 0 rings (SSSR count). The first-order valence-corrected chi connectivity index (χ1v) is 5.73. The summed E-state index contributed by atoms with van der Waals surface area (Å²) in [6.45, 7) is 5.06. The van der Waals surface area contributed by atoms with Crippen molar-refractivity contribution in [2.75, 3.05) is 12.3 Å². The molecular weight excluding hydrogens is 178 g/mol. The van der Waals surface area contributed by atoms with Crippen molar-refractivity contribution in [3.63, 3.8) is 0 Å². The quantitative estimate of drug-likeness (QED) is 0.514. The first-order chi connectivity index (χ1) is 5.16. The van der Waals surface area contributed by atoms with Crippen LogP contribution in [0.5, 0.6) is 0 Å². The molecule has 0 aliphatic carbocycles. The monoisotopic (exact) mass is 193 g/mol. The fourth-order valence-corrected chi connectivity index (χ4v) is 1.18. The van der Waals surface area contributed by atoms with Crippen LogP contribution in [-0.2, 0) is 4.79 Å². The summed E-state index contributed by atoms with van der Waals surface area (Å²) in [6.07, 6.45) is 1.04. The summed E-state index contributed by atoms with van der Waals surface area (Å²) in [5.74, 6) is 1.17. The molecule has 0 aliphatic rings. The molecule has 11 heavy (non-hydrogen) atoms. The van der Waals surface area contributed by atoms with Crippen molar-refractivity contribution in [1.82, 2.24) is 5.32 Å². The highest BCUT2D eigenvalue weighted by Gasteiger charge is 1.99. The van der Waals surface area contributed by atoms with Crippen LogP contribution in [0.4, 0.5) is 0 Å². The zero-order chi connectivity index (χ0) is 8.69. The Labute approximate surface area is 77.3 Å². The molecule has 0 saturated carbocycles. The Hall–Kier alpha value is 0.170. The highest BCUT2D eigenvalue weighted by molar-refractivity contribution is 8.68. The number of hydrogen-bond donors (Lipinski definition) is 2. The molecule has 1 N–H and O–H groups in total. The minimum absolute atomic E-state index is 0.0747. The molecule has 0 aromatic heterocycles. The molecule has 0 radical (unpaired) electrons. The van der Waals surface area contributed by atoms with Crippen molar-refractivity contribution in [2.24, 2.45) is 5.92 Å². The third-order valence-electron chi connectivity index (χ3n) is 1.24. The van der Waals surface area contributed by atoms with E-state index in [0.717, 1.165) is 13.0 Å². The largest absolute Gasteiger partial charge is 0.355 e. The smallest absolute Gasteiger partial charge is 0.230 e. The number of amides is 1. The van der Waals surface area contributed by atoms with Crippen LogP contribution in [0.1, 0.15) is 20.3 Å². The van der Waals surface area contributed by atoms with E-state index in [4.69, 9.17) is 0 Å². The van der Waals surface area contributed by atoms with Gasteiger partial charge in [0.2, 0.25) is 5.91 Å². The summed E-state index contributed by atoms with van der Waals surface area (Å²) < 4.78 is 0. The third-order valence-corrected chi connectivity index (χ3v) is 2.02. The van der Waals surface area contributed by atoms with E-state index in [1.807, 2.05) is 0 Å². The van der Waals surface area contributed by atoms with Crippen LogP contribution < -0.4 is 5.32 Å². The highest BCUT2D eigenvalue weighted by Crippen LogP contribution is 2.03. The summed E-state index contributed by atoms with van der Waals surface area (Å²) in [5.41, 5.74) is 0. The molecule has 0 atom stereocenters. The van der Waals surface area contributed by atoms with Gasteiger partial charge in [-0.3, -0.25) is 4.79 Å². The molecule has 66 valence electrons. The van der Waals surface area contributed by atoms with Gasteiger partial charge in [0.05, 0.1) is 5.75 Å². The normalized spacial score (nSPS) is 10.2. The summed E-state index contributed by atoms with van der Waals surface area (Å²) in [4.78, 5) is 10.8. The lowest BCUT2D eigenvalue weighted by Crippen LogP contribution is -2.26. The van der Waals surface area contributed by atoms with Gasteiger partial charge in [0, 0.05) is 6.54 Å². The lowest BCUT2D eigenvalue weighted by molar-refractivity contribution is -0.118. The van der Waals surface area contributed by atoms with Gasteiger partial charge in [-0.05, 0) is 12.3 Å². The Kier molecular flexibility index (Phi) is 6.96. The molecule has 2 nitrogen and oxygen atoms in total. The van der Waals surface area contributed by atoms with Crippen molar-refractivity contribution in [2.45, 2.75) is 20.3 Å². The van der Waals surface area contributed by atoms with Gasteiger partial charge < -0.3 is 5.32 Å². The van der Waals surface area contributed by atoms with Gasteiger partial charge in [0.15, 0.2) is 0 Å². The minimum atomic E-state index is 0.0747. The number of hydrogen-bond acceptors (Lipinski definition) is 3. The standard InChI is InChI=1S/C7H15NOS2/c1-6(2)3-4-8-7(9)5-11-10/h6,10H,3-5H2,1-2H3,(H,8,9). The number of nitrogens with one attached hydrogen (secondary N) is 1. The second kappa shape index (κ2) is 6.85. The lowest BCUT2D eigenvalue weighted by atomic mass is 10.1. The van der Waals surface area contributed by atoms with Crippen LogP contribution in [-0.4, -0.2) is 18.2 Å². The van der Waals surface area contributed by atoms with Crippen molar-refractivity contribution in [3.05, 3.63) is 0 Å². The van der Waals surface area contributed by atoms with Gasteiger partial charge in [0.1, 0.15) is 0 Å². The topological polar surface area (TPSA) is 29.1 Å². The molecule has 0 spiro atoms. The first-order valence-electron chi connectivity index (χ1n) is 3.70. The minimum Gasteiger partial charge on any atom is -0.355 e. The van der Waals surface area contributed by atoms with E-state index in [9.17, 15) is 4.79 Å². The van der Waals surface area contributed by atoms with Gasteiger partial charge in [-0.15, -0.1) is 11.7 Å². The number of thiol groups is 1. The Balaban J connectivity index is 3.17. The summed E-state index contributed by atoms with van der Waals surface area (Å²) in [6, 6.07) is 0. The van der Waals surface area contributed by atoms with Crippen molar-refractivity contribution < 1.29 is 4.79 Å². The van der Waals surface area contributed by atoms with Crippen LogP contribution >= 0.6 is 22.5 Å². The molecule has 0 fully saturated rings. The Morgan fingerprint density at radius 2 is 2.27 bits per heavy atom. The fourth-order valence-electron chi connectivity index (χ4n) is 0.610. The zero-order valence-corrected chi connectivity index (χ0v) is 8.67. The van der Waals surface area contributed by atoms with E-state index in [2.05, 4.69) is 30.8 Å². The van der Waals surface area contributed by atoms with E-state index in [1.54, 1.807) is 0 Å². The second-order valence-electron chi connectivity index (χ2n) is 2.81. The molecule has 0 saturated heterocycles. The molecular formula is C7H15NOS2. The maximum Gasteiger partial charge on any atom is 0.230 e. The van der Waals surface area contributed by atoms with Gasteiger partial charge in [-0.2, -0.15) is 0 Å². The Morgan fingerprint density at radius 1 is 1.64 bits per heavy atom. The zero-order valence-electron chi connectivity index (χ0n) is 6.96. The van der Waals surface area contributed by atoms with Crippen LogP contribution in [0.3, 0.4) is 0 Å². The maximum atomic E-state index is 10.8. The van der Waals surface area contributed by atoms with Crippen molar-refractivity contribution in [3.8, 4) is 0 Å². The summed E-state index contributed by atoms with van der Waals surface area (Å²) in [5, 5.41) is 2.81. The van der Waals surface area contributed by atoms with E-state index in [1.165, 1.54) is 10.8 Å². The molecule has 0 heterocycles. The molecule has 4 heteroatoms. The van der Waals surface area contributed by atoms with Crippen molar-refractivity contribution in [1.29, 1.82) is 0 Å². The molecule has 1 amide bonds.